The molecule has 0 unspecified atom stereocenters. The molecule has 1 N–H and O–H groups in total. The van der Waals surface area contributed by atoms with Gasteiger partial charge >= 0.3 is 0 Å². The van der Waals surface area contributed by atoms with Gasteiger partial charge in [0.2, 0.25) is 5.91 Å². The lowest BCUT2D eigenvalue weighted by Gasteiger charge is -2.36. The van der Waals surface area contributed by atoms with Gasteiger partial charge in [-0.1, -0.05) is 24.3 Å². The minimum Gasteiger partial charge on any atom is -0.391 e. The third-order valence-corrected chi connectivity index (χ3v) is 4.88. The second-order valence-corrected chi connectivity index (χ2v) is 6.80. The van der Waals surface area contributed by atoms with Crippen molar-refractivity contribution in [3.8, 4) is 0 Å². The molecule has 1 aliphatic heterocycles. The smallest absolute Gasteiger partial charge is 0.244 e. The highest BCUT2D eigenvalue weighted by molar-refractivity contribution is 5.76. The van der Waals surface area contributed by atoms with Crippen molar-refractivity contribution < 1.29 is 9.90 Å². The second-order valence-electron chi connectivity index (χ2n) is 6.80. The number of aliphatic hydroxyl groups is 1. The van der Waals surface area contributed by atoms with E-state index in [-0.39, 0.29) is 18.4 Å². The zero-order valence-corrected chi connectivity index (χ0v) is 14.4. The van der Waals surface area contributed by atoms with Gasteiger partial charge in [0.1, 0.15) is 6.54 Å². The number of aryl methyl sites for hydroxylation is 2. The Morgan fingerprint density at radius 2 is 2.12 bits per heavy atom. The van der Waals surface area contributed by atoms with E-state index in [1.165, 1.54) is 11.1 Å². The molecular formula is C19H25N3O2. The van der Waals surface area contributed by atoms with Gasteiger partial charge in [-0.05, 0) is 49.3 Å². The molecule has 24 heavy (non-hydrogen) atoms. The molecule has 0 radical (unpaired) electrons. The predicted molar refractivity (Wildman–Crippen MR) is 92.5 cm³/mol. The lowest BCUT2D eigenvalue weighted by Crippen LogP contribution is -2.48. The maximum Gasteiger partial charge on any atom is 0.244 e. The number of rotatable bonds is 4. The zero-order chi connectivity index (χ0) is 17.1. The van der Waals surface area contributed by atoms with Gasteiger partial charge in [-0.3, -0.25) is 9.48 Å². The van der Waals surface area contributed by atoms with Crippen LogP contribution in [0.3, 0.4) is 0 Å². The number of hydrogen-bond donors (Lipinski definition) is 1. The van der Waals surface area contributed by atoms with E-state index >= 15 is 0 Å². The summed E-state index contributed by atoms with van der Waals surface area (Å²) in [6.07, 6.45) is 4.84. The first-order chi connectivity index (χ1) is 11.5. The summed E-state index contributed by atoms with van der Waals surface area (Å²) < 4.78 is 1.66. The van der Waals surface area contributed by atoms with Crippen LogP contribution < -0.4 is 0 Å². The standard InChI is InChI=1S/C19H25N3O2/c1-14-10-20-22(11-14)13-19(24)21-8-7-17(18(23)12-21)9-16-6-4-3-5-15(16)2/h3-6,10-11,17-18,23H,7-9,12-13H2,1-2H3/t17-,18-/m1/s1. The topological polar surface area (TPSA) is 58.4 Å². The molecule has 1 saturated heterocycles. The lowest BCUT2D eigenvalue weighted by molar-refractivity contribution is -0.136. The Balaban J connectivity index is 1.56. The summed E-state index contributed by atoms with van der Waals surface area (Å²) in [5.41, 5.74) is 3.59. The number of likely N-dealkylation sites (tertiary alicyclic amines) is 1. The number of piperidine rings is 1. The van der Waals surface area contributed by atoms with Crippen LogP contribution in [0.2, 0.25) is 0 Å². The summed E-state index contributed by atoms with van der Waals surface area (Å²) in [4.78, 5) is 14.2. The fourth-order valence-corrected chi connectivity index (χ4v) is 3.36. The predicted octanol–water partition coefficient (Wildman–Crippen LogP) is 1.95. The van der Waals surface area contributed by atoms with Crippen LogP contribution in [0.25, 0.3) is 0 Å². The highest BCUT2D eigenvalue weighted by Crippen LogP contribution is 2.24. The average molecular weight is 327 g/mol. The molecule has 128 valence electrons. The van der Waals surface area contributed by atoms with Crippen molar-refractivity contribution in [3.63, 3.8) is 0 Å². The van der Waals surface area contributed by atoms with Crippen LogP contribution >= 0.6 is 0 Å². The van der Waals surface area contributed by atoms with Crippen molar-refractivity contribution in [1.29, 1.82) is 0 Å². The first-order valence-electron chi connectivity index (χ1n) is 8.52. The van der Waals surface area contributed by atoms with Gasteiger partial charge in [-0.2, -0.15) is 5.10 Å². The Morgan fingerprint density at radius 3 is 2.79 bits per heavy atom. The van der Waals surface area contributed by atoms with E-state index in [1.807, 2.05) is 25.3 Å². The first kappa shape index (κ1) is 16.7. The minimum atomic E-state index is -0.471. The van der Waals surface area contributed by atoms with Gasteiger partial charge in [0.25, 0.3) is 0 Å². The Labute approximate surface area is 142 Å². The molecule has 0 aliphatic carbocycles. The molecular weight excluding hydrogens is 302 g/mol. The molecule has 5 heteroatoms. The number of aromatic nitrogens is 2. The van der Waals surface area contributed by atoms with Crippen LogP contribution in [-0.4, -0.2) is 44.9 Å². The molecule has 0 saturated carbocycles. The van der Waals surface area contributed by atoms with E-state index in [2.05, 4.69) is 24.2 Å². The van der Waals surface area contributed by atoms with Crippen molar-refractivity contribution in [1.82, 2.24) is 14.7 Å². The lowest BCUT2D eigenvalue weighted by atomic mass is 9.86. The van der Waals surface area contributed by atoms with Crippen LogP contribution in [0.15, 0.2) is 36.7 Å². The molecule has 1 aliphatic rings. The molecule has 1 amide bonds. The molecule has 1 fully saturated rings. The summed E-state index contributed by atoms with van der Waals surface area (Å²) in [5, 5.41) is 14.7. The monoisotopic (exact) mass is 327 g/mol. The molecule has 0 spiro atoms. The Morgan fingerprint density at radius 1 is 1.33 bits per heavy atom. The quantitative estimate of drug-likeness (QED) is 0.934. The summed E-state index contributed by atoms with van der Waals surface area (Å²) >= 11 is 0. The summed E-state index contributed by atoms with van der Waals surface area (Å²) in [7, 11) is 0. The number of aliphatic hydroxyl groups excluding tert-OH is 1. The van der Waals surface area contributed by atoms with Crippen molar-refractivity contribution in [2.45, 2.75) is 39.3 Å². The molecule has 1 aromatic heterocycles. The average Bonchev–Trinajstić information content (AvgIpc) is 2.96. The molecule has 3 rings (SSSR count). The fourth-order valence-electron chi connectivity index (χ4n) is 3.36. The summed E-state index contributed by atoms with van der Waals surface area (Å²) in [5.74, 6) is 0.230. The maximum atomic E-state index is 12.4. The number of carbonyl (C=O) groups is 1. The third-order valence-electron chi connectivity index (χ3n) is 4.88. The number of carbonyl (C=O) groups excluding carboxylic acids is 1. The maximum absolute atomic E-state index is 12.4. The van der Waals surface area contributed by atoms with E-state index in [0.717, 1.165) is 18.4 Å². The fraction of sp³-hybridized carbons (Fsp3) is 0.474. The van der Waals surface area contributed by atoms with Gasteiger partial charge in [-0.25, -0.2) is 0 Å². The van der Waals surface area contributed by atoms with Crippen LogP contribution in [0, 0.1) is 19.8 Å². The van der Waals surface area contributed by atoms with Crippen LogP contribution in [0.4, 0.5) is 0 Å². The second kappa shape index (κ2) is 7.18. The highest BCUT2D eigenvalue weighted by Gasteiger charge is 2.30. The van der Waals surface area contributed by atoms with E-state index in [0.29, 0.717) is 13.1 Å². The molecule has 2 aromatic rings. The largest absolute Gasteiger partial charge is 0.391 e. The minimum absolute atomic E-state index is 0.0199. The van der Waals surface area contributed by atoms with E-state index in [4.69, 9.17) is 0 Å². The van der Waals surface area contributed by atoms with Gasteiger partial charge in [0.05, 0.1) is 12.3 Å². The normalized spacial score (nSPS) is 21.0. The third kappa shape index (κ3) is 3.85. The molecule has 2 atom stereocenters. The van der Waals surface area contributed by atoms with Crippen molar-refractivity contribution in [2.24, 2.45) is 5.92 Å². The van der Waals surface area contributed by atoms with Crippen LogP contribution in [0.1, 0.15) is 23.1 Å². The number of benzene rings is 1. The number of amides is 1. The number of nitrogens with zero attached hydrogens (tertiary/aromatic N) is 3. The first-order valence-corrected chi connectivity index (χ1v) is 8.52. The summed E-state index contributed by atoms with van der Waals surface area (Å²) in [6.45, 7) is 5.41. The van der Waals surface area contributed by atoms with Crippen molar-refractivity contribution in [3.05, 3.63) is 53.3 Å². The number of hydrogen-bond acceptors (Lipinski definition) is 3. The number of β-amino-alcohol motifs (C(OH)–C–C–N with tert-alkyl or cyclic N) is 1. The van der Waals surface area contributed by atoms with Gasteiger partial charge < -0.3 is 10.0 Å². The van der Waals surface area contributed by atoms with E-state index < -0.39 is 6.10 Å². The van der Waals surface area contributed by atoms with E-state index in [9.17, 15) is 9.90 Å². The van der Waals surface area contributed by atoms with Gasteiger partial charge in [-0.15, -0.1) is 0 Å². The Hall–Kier alpha value is -2.14. The highest BCUT2D eigenvalue weighted by atomic mass is 16.3. The van der Waals surface area contributed by atoms with Gasteiger partial charge in [0, 0.05) is 19.3 Å². The molecule has 0 bridgehead atoms. The Kier molecular flexibility index (Phi) is 5.00. The summed E-state index contributed by atoms with van der Waals surface area (Å²) in [6, 6.07) is 8.30. The Bertz CT molecular complexity index is 710. The van der Waals surface area contributed by atoms with Crippen LogP contribution in [-0.2, 0) is 17.8 Å². The van der Waals surface area contributed by atoms with Gasteiger partial charge in [0.15, 0.2) is 0 Å². The SMILES string of the molecule is Cc1cnn(CC(=O)N2CC[C@H](Cc3ccccc3C)[C@H](O)C2)c1. The van der Waals surface area contributed by atoms with Crippen molar-refractivity contribution >= 4 is 5.91 Å². The molecule has 1 aromatic carbocycles. The van der Waals surface area contributed by atoms with Crippen LogP contribution in [0.5, 0.6) is 0 Å². The molecule has 5 nitrogen and oxygen atoms in total. The molecule has 2 heterocycles. The van der Waals surface area contributed by atoms with Crippen molar-refractivity contribution in [2.75, 3.05) is 13.1 Å². The van der Waals surface area contributed by atoms with E-state index in [1.54, 1.807) is 15.8 Å². The zero-order valence-electron chi connectivity index (χ0n) is 14.4.